The third-order valence-corrected chi connectivity index (χ3v) is 6.11. The number of halogens is 1. The van der Waals surface area contributed by atoms with Crippen LogP contribution in [0, 0.1) is 3.70 Å². The van der Waals surface area contributed by atoms with Gasteiger partial charge in [-0.3, -0.25) is 0 Å². The summed E-state index contributed by atoms with van der Waals surface area (Å²) in [6.07, 6.45) is 6.89. The molecule has 24 heavy (non-hydrogen) atoms. The van der Waals surface area contributed by atoms with E-state index in [1.807, 2.05) is 4.68 Å². The lowest BCUT2D eigenvalue weighted by atomic mass is 10.0. The Morgan fingerprint density at radius 3 is 2.58 bits per heavy atom. The average Bonchev–Trinajstić information content (AvgIpc) is 3.23. The highest BCUT2D eigenvalue weighted by Crippen LogP contribution is 2.23. The van der Waals surface area contributed by atoms with Crippen molar-refractivity contribution >= 4 is 39.4 Å². The predicted octanol–water partition coefficient (Wildman–Crippen LogP) is 1.57. The van der Waals surface area contributed by atoms with E-state index in [1.54, 1.807) is 0 Å². The number of nitrogen functional groups attached to an aromatic ring is 1. The molecular weight excluding hydrogens is 417 g/mol. The zero-order chi connectivity index (χ0) is 16.5. The lowest BCUT2D eigenvalue weighted by molar-refractivity contribution is 0.124. The molecule has 0 radical (unpaired) electrons. The number of likely N-dealkylation sites (tertiary alicyclic amines) is 2. The third-order valence-electron chi connectivity index (χ3n) is 5.36. The van der Waals surface area contributed by atoms with Gasteiger partial charge in [0, 0.05) is 12.6 Å². The van der Waals surface area contributed by atoms with Gasteiger partial charge >= 0.3 is 0 Å². The minimum absolute atomic E-state index is 0.516. The highest BCUT2D eigenvalue weighted by atomic mass is 127. The van der Waals surface area contributed by atoms with Gasteiger partial charge in [-0.1, -0.05) is 0 Å². The maximum Gasteiger partial charge on any atom is 0.164 e. The molecule has 0 amide bonds. The van der Waals surface area contributed by atoms with Gasteiger partial charge in [-0.15, -0.1) is 0 Å². The van der Waals surface area contributed by atoms with Gasteiger partial charge in [-0.2, -0.15) is 5.10 Å². The maximum atomic E-state index is 5.96. The first-order valence-electron chi connectivity index (χ1n) is 8.81. The van der Waals surface area contributed by atoms with Gasteiger partial charge in [0.1, 0.15) is 15.8 Å². The van der Waals surface area contributed by atoms with Crippen LogP contribution in [-0.2, 0) is 6.54 Å². The van der Waals surface area contributed by atoms with Gasteiger partial charge in [-0.25, -0.2) is 14.6 Å². The topological polar surface area (TPSA) is 76.1 Å². The molecule has 0 aromatic carbocycles. The van der Waals surface area contributed by atoms with Crippen molar-refractivity contribution in [2.45, 2.75) is 38.3 Å². The van der Waals surface area contributed by atoms with Crippen molar-refractivity contribution in [1.29, 1.82) is 0 Å². The largest absolute Gasteiger partial charge is 0.383 e. The summed E-state index contributed by atoms with van der Waals surface area (Å²) in [4.78, 5) is 13.7. The summed E-state index contributed by atoms with van der Waals surface area (Å²) in [5.74, 6) is 0.516. The van der Waals surface area contributed by atoms with Gasteiger partial charge in [0.15, 0.2) is 5.65 Å². The highest BCUT2D eigenvalue weighted by molar-refractivity contribution is 14.1. The number of piperidine rings is 1. The molecule has 8 heteroatoms. The normalized spacial score (nSPS) is 21.0. The molecule has 2 aromatic heterocycles. The van der Waals surface area contributed by atoms with E-state index >= 15 is 0 Å². The molecule has 2 N–H and O–H groups in total. The SMILES string of the molecule is Nc1ncnc2c1c(I)nn2CCN1CCC(N2CCCC2)CC1. The van der Waals surface area contributed by atoms with E-state index in [2.05, 4.69) is 47.5 Å². The van der Waals surface area contributed by atoms with Gasteiger partial charge in [0.05, 0.1) is 11.9 Å². The number of hydrogen-bond donors (Lipinski definition) is 1. The molecule has 0 aliphatic carbocycles. The minimum atomic E-state index is 0.516. The third kappa shape index (κ3) is 3.23. The quantitative estimate of drug-likeness (QED) is 0.727. The van der Waals surface area contributed by atoms with Crippen LogP contribution in [0.15, 0.2) is 6.33 Å². The lowest BCUT2D eigenvalue weighted by Gasteiger charge is -2.36. The summed E-state index contributed by atoms with van der Waals surface area (Å²) in [5.41, 5.74) is 6.81. The first-order valence-corrected chi connectivity index (χ1v) is 9.89. The molecule has 2 saturated heterocycles. The number of nitrogens with two attached hydrogens (primary N) is 1. The Balaban J connectivity index is 1.35. The standard InChI is InChI=1S/C16H24IN7/c17-14-13-15(18)19-11-20-16(13)24(21-14)10-9-22-7-3-12(4-8-22)23-5-1-2-6-23/h11-12H,1-10H2,(H2,18,19,20). The summed E-state index contributed by atoms with van der Waals surface area (Å²) >= 11 is 2.21. The van der Waals surface area contributed by atoms with E-state index in [0.717, 1.165) is 33.9 Å². The molecule has 0 bridgehead atoms. The molecule has 0 spiro atoms. The lowest BCUT2D eigenvalue weighted by Crippen LogP contribution is -2.44. The number of hydrogen-bond acceptors (Lipinski definition) is 6. The fourth-order valence-corrected chi connectivity index (χ4v) is 4.77. The Hall–Kier alpha value is -1.00. The van der Waals surface area contributed by atoms with Crippen molar-refractivity contribution in [3.63, 3.8) is 0 Å². The molecule has 130 valence electrons. The van der Waals surface area contributed by atoms with Crippen molar-refractivity contribution in [2.24, 2.45) is 0 Å². The Bertz CT molecular complexity index is 702. The summed E-state index contributed by atoms with van der Waals surface area (Å²) < 4.78 is 2.86. The van der Waals surface area contributed by atoms with Crippen molar-refractivity contribution < 1.29 is 0 Å². The van der Waals surface area contributed by atoms with E-state index in [1.165, 1.54) is 58.2 Å². The molecule has 2 aromatic rings. The summed E-state index contributed by atoms with van der Waals surface area (Å²) in [7, 11) is 0. The van der Waals surface area contributed by atoms with Crippen LogP contribution >= 0.6 is 22.6 Å². The number of aromatic nitrogens is 4. The second-order valence-corrected chi connectivity index (χ2v) is 7.81. The van der Waals surface area contributed by atoms with Crippen molar-refractivity contribution in [2.75, 3.05) is 38.5 Å². The van der Waals surface area contributed by atoms with E-state index < -0.39 is 0 Å². The van der Waals surface area contributed by atoms with E-state index in [4.69, 9.17) is 5.73 Å². The van der Waals surface area contributed by atoms with Crippen LogP contribution in [0.3, 0.4) is 0 Å². The monoisotopic (exact) mass is 441 g/mol. The molecule has 2 aliphatic heterocycles. The van der Waals surface area contributed by atoms with Crippen LogP contribution in [0.5, 0.6) is 0 Å². The second kappa shape index (κ2) is 7.09. The van der Waals surface area contributed by atoms with Crippen LogP contribution in [0.25, 0.3) is 11.0 Å². The smallest absolute Gasteiger partial charge is 0.164 e. The molecule has 7 nitrogen and oxygen atoms in total. The summed E-state index contributed by atoms with van der Waals surface area (Å²) in [6, 6.07) is 0.808. The van der Waals surface area contributed by atoms with E-state index in [-0.39, 0.29) is 0 Å². The molecular formula is C16H24IN7. The molecule has 2 aliphatic rings. The minimum Gasteiger partial charge on any atom is -0.383 e. The van der Waals surface area contributed by atoms with E-state index in [0.29, 0.717) is 5.82 Å². The second-order valence-electron chi connectivity index (χ2n) is 6.79. The predicted molar refractivity (Wildman–Crippen MR) is 103 cm³/mol. The molecule has 0 saturated carbocycles. The number of nitrogens with zero attached hydrogens (tertiary/aromatic N) is 6. The summed E-state index contributed by atoms with van der Waals surface area (Å²) in [6.45, 7) is 6.87. The van der Waals surface area contributed by atoms with Crippen molar-refractivity contribution in [3.05, 3.63) is 10.0 Å². The average molecular weight is 441 g/mol. The fraction of sp³-hybridized carbons (Fsp3) is 0.688. The molecule has 0 atom stereocenters. The van der Waals surface area contributed by atoms with Gasteiger partial charge in [0.2, 0.25) is 0 Å². The van der Waals surface area contributed by atoms with Crippen molar-refractivity contribution in [3.8, 4) is 0 Å². The van der Waals surface area contributed by atoms with Gasteiger partial charge in [-0.05, 0) is 74.5 Å². The first kappa shape index (κ1) is 16.5. The Kier molecular flexibility index (Phi) is 4.86. The number of rotatable bonds is 4. The Morgan fingerprint density at radius 1 is 1.08 bits per heavy atom. The molecule has 4 rings (SSSR count). The number of fused-ring (bicyclic) bond motifs is 1. The zero-order valence-corrected chi connectivity index (χ0v) is 16.0. The van der Waals surface area contributed by atoms with Gasteiger partial charge in [0.25, 0.3) is 0 Å². The van der Waals surface area contributed by atoms with Crippen molar-refractivity contribution in [1.82, 2.24) is 29.5 Å². The molecule has 4 heterocycles. The Morgan fingerprint density at radius 2 is 1.83 bits per heavy atom. The highest BCUT2D eigenvalue weighted by Gasteiger charge is 2.26. The van der Waals surface area contributed by atoms with Crippen LogP contribution in [0.4, 0.5) is 5.82 Å². The molecule has 2 fully saturated rings. The maximum absolute atomic E-state index is 5.96. The van der Waals surface area contributed by atoms with E-state index in [9.17, 15) is 0 Å². The summed E-state index contributed by atoms with van der Waals surface area (Å²) in [5, 5.41) is 5.48. The number of anilines is 1. The Labute approximate surface area is 155 Å². The molecule has 0 unspecified atom stereocenters. The fourth-order valence-electron chi connectivity index (χ4n) is 3.99. The first-order chi connectivity index (χ1) is 11.7. The van der Waals surface area contributed by atoms with Crippen LogP contribution < -0.4 is 5.73 Å². The van der Waals surface area contributed by atoms with Crippen LogP contribution in [0.1, 0.15) is 25.7 Å². The van der Waals surface area contributed by atoms with Crippen LogP contribution in [-0.4, -0.2) is 68.3 Å². The zero-order valence-electron chi connectivity index (χ0n) is 13.9. The van der Waals surface area contributed by atoms with Crippen LogP contribution in [0.2, 0.25) is 0 Å². The van der Waals surface area contributed by atoms with Gasteiger partial charge < -0.3 is 15.5 Å².